The summed E-state index contributed by atoms with van der Waals surface area (Å²) in [6.45, 7) is 2.33. The van der Waals surface area contributed by atoms with Gasteiger partial charge < -0.3 is 4.74 Å². The summed E-state index contributed by atoms with van der Waals surface area (Å²) in [5.41, 5.74) is 2.29. The van der Waals surface area contributed by atoms with Crippen molar-refractivity contribution in [2.75, 3.05) is 0 Å². The average Bonchev–Trinajstić information content (AvgIpc) is 2.46. The number of rotatable bonds is 2. The molecule has 0 amide bonds. The summed E-state index contributed by atoms with van der Waals surface area (Å²) in [5, 5.41) is 0. The van der Waals surface area contributed by atoms with Crippen molar-refractivity contribution in [2.45, 2.75) is 45.4 Å². The molecule has 0 heterocycles. The molecule has 1 fully saturated rings. The van der Waals surface area contributed by atoms with Crippen molar-refractivity contribution >= 4 is 5.57 Å². The molecule has 22 heavy (non-hydrogen) atoms. The first kappa shape index (κ1) is 15.4. The molecule has 4 heteroatoms. The molecule has 0 aromatic heterocycles. The zero-order valence-corrected chi connectivity index (χ0v) is 12.7. The molecule has 1 saturated carbocycles. The van der Waals surface area contributed by atoms with Crippen LogP contribution in [0, 0.1) is 17.8 Å². The monoisotopic (exact) mass is 310 g/mol. The van der Waals surface area contributed by atoms with Crippen LogP contribution in [0.15, 0.2) is 30.3 Å². The lowest BCUT2D eigenvalue weighted by Gasteiger charge is -2.37. The van der Waals surface area contributed by atoms with Gasteiger partial charge in [0.1, 0.15) is 5.75 Å². The Bertz CT molecular complexity index is 544. The highest BCUT2D eigenvalue weighted by molar-refractivity contribution is 5.67. The zero-order chi connectivity index (χ0) is 15.7. The van der Waals surface area contributed by atoms with Gasteiger partial charge in [-0.2, -0.15) is 0 Å². The molecule has 1 aromatic rings. The van der Waals surface area contributed by atoms with Crippen molar-refractivity contribution in [1.29, 1.82) is 0 Å². The fourth-order valence-electron chi connectivity index (χ4n) is 3.87. The first-order valence-corrected chi connectivity index (χ1v) is 7.97. The summed E-state index contributed by atoms with van der Waals surface area (Å²) in [6, 6.07) is 6.27. The first-order valence-electron chi connectivity index (χ1n) is 7.97. The van der Waals surface area contributed by atoms with Gasteiger partial charge in [-0.1, -0.05) is 31.6 Å². The minimum atomic E-state index is -4.63. The highest BCUT2D eigenvalue weighted by Crippen LogP contribution is 2.43. The molecule has 0 bridgehead atoms. The average molecular weight is 310 g/mol. The summed E-state index contributed by atoms with van der Waals surface area (Å²) >= 11 is 0. The van der Waals surface area contributed by atoms with Gasteiger partial charge in [0.05, 0.1) is 0 Å². The highest BCUT2D eigenvalue weighted by atomic mass is 19.4. The van der Waals surface area contributed by atoms with Crippen LogP contribution in [0.5, 0.6) is 5.75 Å². The SMILES string of the molecule is CC1CCC2C=C(c3ccc(OC(F)(F)F)cc3)CCC2C1. The molecule has 3 unspecified atom stereocenters. The Balaban J connectivity index is 1.72. The Morgan fingerprint density at radius 2 is 1.77 bits per heavy atom. The van der Waals surface area contributed by atoms with E-state index in [-0.39, 0.29) is 5.75 Å². The van der Waals surface area contributed by atoms with Crippen molar-refractivity contribution in [1.82, 2.24) is 0 Å². The first-order chi connectivity index (χ1) is 10.4. The number of alkyl halides is 3. The molecule has 0 saturated heterocycles. The van der Waals surface area contributed by atoms with Crippen molar-refractivity contribution in [3.63, 3.8) is 0 Å². The quantitative estimate of drug-likeness (QED) is 0.669. The van der Waals surface area contributed by atoms with Crippen molar-refractivity contribution < 1.29 is 17.9 Å². The number of fused-ring (bicyclic) bond motifs is 1. The predicted octanol–water partition coefficient (Wildman–Crippen LogP) is 5.81. The summed E-state index contributed by atoms with van der Waals surface area (Å²) in [7, 11) is 0. The highest BCUT2D eigenvalue weighted by Gasteiger charge is 2.32. The molecule has 3 atom stereocenters. The number of benzene rings is 1. The van der Waals surface area contributed by atoms with E-state index < -0.39 is 6.36 Å². The van der Waals surface area contributed by atoms with E-state index in [2.05, 4.69) is 17.7 Å². The van der Waals surface area contributed by atoms with E-state index >= 15 is 0 Å². The second kappa shape index (κ2) is 5.98. The zero-order valence-electron chi connectivity index (χ0n) is 12.7. The number of halogens is 3. The maximum Gasteiger partial charge on any atom is 0.573 e. The van der Waals surface area contributed by atoms with Crippen LogP contribution >= 0.6 is 0 Å². The van der Waals surface area contributed by atoms with Crippen LogP contribution in [0.25, 0.3) is 5.57 Å². The second-order valence-corrected chi connectivity index (χ2v) is 6.64. The maximum atomic E-state index is 12.2. The molecule has 0 N–H and O–H groups in total. The standard InChI is InChI=1S/C18H21F3O/c1-12-2-3-16-11-15(5-4-14(16)10-12)13-6-8-17(9-7-13)22-18(19,20)21/h6-9,11-12,14,16H,2-5,10H2,1H3. The van der Waals surface area contributed by atoms with E-state index in [1.54, 1.807) is 12.1 Å². The van der Waals surface area contributed by atoms with Gasteiger partial charge in [0.2, 0.25) is 0 Å². The van der Waals surface area contributed by atoms with Crippen LogP contribution in [-0.2, 0) is 0 Å². The lowest BCUT2D eigenvalue weighted by Crippen LogP contribution is -2.25. The van der Waals surface area contributed by atoms with Gasteiger partial charge in [-0.3, -0.25) is 0 Å². The van der Waals surface area contributed by atoms with Gasteiger partial charge >= 0.3 is 6.36 Å². The molecular weight excluding hydrogens is 289 g/mol. The molecule has 2 aliphatic carbocycles. The van der Waals surface area contributed by atoms with Gasteiger partial charge in [-0.05, 0) is 66.7 Å². The van der Waals surface area contributed by atoms with E-state index in [0.29, 0.717) is 5.92 Å². The fourth-order valence-corrected chi connectivity index (χ4v) is 3.87. The van der Waals surface area contributed by atoms with Crippen LogP contribution in [0.3, 0.4) is 0 Å². The third-order valence-electron chi connectivity index (χ3n) is 4.96. The summed E-state index contributed by atoms with van der Waals surface area (Å²) in [5.74, 6) is 2.11. The molecule has 0 radical (unpaired) electrons. The van der Waals surface area contributed by atoms with E-state index in [1.807, 2.05) is 0 Å². The van der Waals surface area contributed by atoms with E-state index in [4.69, 9.17) is 0 Å². The third kappa shape index (κ3) is 3.65. The number of allylic oxidation sites excluding steroid dienone is 2. The number of ether oxygens (including phenoxy) is 1. The minimum absolute atomic E-state index is 0.156. The van der Waals surface area contributed by atoms with Crippen LogP contribution in [0.4, 0.5) is 13.2 Å². The van der Waals surface area contributed by atoms with E-state index in [1.165, 1.54) is 43.4 Å². The largest absolute Gasteiger partial charge is 0.573 e. The summed E-state index contributed by atoms with van der Waals surface area (Å²) in [6.07, 6.45) is 3.78. The molecule has 1 nitrogen and oxygen atoms in total. The molecule has 120 valence electrons. The minimum Gasteiger partial charge on any atom is -0.406 e. The molecule has 2 aliphatic rings. The van der Waals surface area contributed by atoms with Gasteiger partial charge in [0.15, 0.2) is 0 Å². The van der Waals surface area contributed by atoms with Gasteiger partial charge in [0, 0.05) is 0 Å². The van der Waals surface area contributed by atoms with Crippen LogP contribution < -0.4 is 4.74 Å². The van der Waals surface area contributed by atoms with Crippen LogP contribution in [0.1, 0.15) is 44.6 Å². The Morgan fingerprint density at radius 3 is 2.45 bits per heavy atom. The van der Waals surface area contributed by atoms with Crippen molar-refractivity contribution in [3.8, 4) is 5.75 Å². The fraction of sp³-hybridized carbons (Fsp3) is 0.556. The summed E-state index contributed by atoms with van der Waals surface area (Å²) in [4.78, 5) is 0. The van der Waals surface area contributed by atoms with E-state index in [0.717, 1.165) is 23.8 Å². The van der Waals surface area contributed by atoms with Crippen molar-refractivity contribution in [3.05, 3.63) is 35.9 Å². The lowest BCUT2D eigenvalue weighted by molar-refractivity contribution is -0.274. The number of hydrogen-bond donors (Lipinski definition) is 0. The molecule has 1 aromatic carbocycles. The van der Waals surface area contributed by atoms with Gasteiger partial charge in [-0.25, -0.2) is 0 Å². The Labute approximate surface area is 129 Å². The maximum absolute atomic E-state index is 12.2. The van der Waals surface area contributed by atoms with Gasteiger partial charge in [-0.15, -0.1) is 13.2 Å². The Kier molecular flexibility index (Phi) is 4.20. The Morgan fingerprint density at radius 1 is 1.05 bits per heavy atom. The number of hydrogen-bond acceptors (Lipinski definition) is 1. The predicted molar refractivity (Wildman–Crippen MR) is 80.3 cm³/mol. The van der Waals surface area contributed by atoms with Crippen LogP contribution in [0.2, 0.25) is 0 Å². The molecule has 3 rings (SSSR count). The van der Waals surface area contributed by atoms with Crippen LogP contribution in [-0.4, -0.2) is 6.36 Å². The lowest BCUT2D eigenvalue weighted by atomic mass is 9.68. The smallest absolute Gasteiger partial charge is 0.406 e. The normalized spacial score (nSPS) is 28.7. The van der Waals surface area contributed by atoms with Gasteiger partial charge in [0.25, 0.3) is 0 Å². The molecular formula is C18H21F3O. The van der Waals surface area contributed by atoms with E-state index in [9.17, 15) is 13.2 Å². The second-order valence-electron chi connectivity index (χ2n) is 6.64. The molecule has 0 aliphatic heterocycles. The third-order valence-corrected chi connectivity index (χ3v) is 4.96. The Hall–Kier alpha value is -1.45. The van der Waals surface area contributed by atoms with Crippen molar-refractivity contribution in [2.24, 2.45) is 17.8 Å². The summed E-state index contributed by atoms with van der Waals surface area (Å²) < 4.78 is 40.5. The topological polar surface area (TPSA) is 9.23 Å². The molecule has 0 spiro atoms.